The molecule has 13 heavy (non-hydrogen) atoms. The van der Waals surface area contributed by atoms with E-state index < -0.39 is 6.37 Å². The summed E-state index contributed by atoms with van der Waals surface area (Å²) < 4.78 is 21.3. The van der Waals surface area contributed by atoms with Gasteiger partial charge in [0, 0.05) is 2.74 Å². The first-order chi connectivity index (χ1) is 7.10. The predicted octanol–water partition coefficient (Wildman–Crippen LogP) is 3.64. The van der Waals surface area contributed by atoms with Crippen molar-refractivity contribution in [3.05, 3.63) is 30.3 Å². The fraction of sp³-hybridized carbons (Fsp3) is 0.500. The van der Waals surface area contributed by atoms with Crippen LogP contribution in [-0.2, 0) is 0 Å². The van der Waals surface area contributed by atoms with E-state index in [2.05, 4.69) is 0 Å². The summed E-state index contributed by atoms with van der Waals surface area (Å²) >= 11 is 0. The molecule has 0 saturated carbocycles. The quantitative estimate of drug-likeness (QED) is 0.672. The molecule has 1 heteroatoms. The number of hydrogen-bond acceptors (Lipinski definition) is 1. The molecule has 72 valence electrons. The smallest absolute Gasteiger partial charge is 0.119 e. The van der Waals surface area contributed by atoms with E-state index in [4.69, 9.17) is 7.48 Å². The molecule has 0 bridgehead atoms. The van der Waals surface area contributed by atoms with Gasteiger partial charge in [-0.25, -0.2) is 0 Å². The average molecular weight is 180 g/mol. The van der Waals surface area contributed by atoms with Crippen LogP contribution in [0.1, 0.15) is 35.8 Å². The molecule has 1 unspecified atom stereocenters. The van der Waals surface area contributed by atoms with E-state index in [1.807, 2.05) is 44.2 Å². The van der Waals surface area contributed by atoms with Crippen LogP contribution in [0.25, 0.3) is 0 Å². The maximum atomic E-state index is 7.82. The summed E-state index contributed by atoms with van der Waals surface area (Å²) in [6, 6.07) is 9.41. The molecule has 1 aromatic carbocycles. The predicted molar refractivity (Wildman–Crippen MR) is 56.1 cm³/mol. The van der Waals surface area contributed by atoms with E-state index in [0.29, 0.717) is 12.8 Å². The lowest BCUT2D eigenvalue weighted by Gasteiger charge is -2.16. The van der Waals surface area contributed by atoms with Gasteiger partial charge in [-0.15, -0.1) is 0 Å². The molecule has 1 atom stereocenters. The van der Waals surface area contributed by atoms with Gasteiger partial charge < -0.3 is 4.74 Å². The van der Waals surface area contributed by atoms with Crippen molar-refractivity contribution >= 4 is 0 Å². The van der Waals surface area contributed by atoms with Crippen molar-refractivity contribution in [3.63, 3.8) is 0 Å². The van der Waals surface area contributed by atoms with Crippen LogP contribution in [-0.4, -0.2) is 6.10 Å². The second-order valence-corrected chi connectivity index (χ2v) is 2.89. The fourth-order valence-electron chi connectivity index (χ4n) is 1.16. The zero-order chi connectivity index (χ0) is 11.3. The second-order valence-electron chi connectivity index (χ2n) is 2.89. The molecule has 0 amide bonds. The standard InChI is InChI=1S/C12H18O/c1-3-8-11(4-2)13-12-9-6-5-7-10-12/h5-7,9-11H,3-4,8H2,1-2H3/i8D2. The molecule has 0 aliphatic carbocycles. The van der Waals surface area contributed by atoms with E-state index >= 15 is 0 Å². The molecule has 1 nitrogen and oxygen atoms in total. The summed E-state index contributed by atoms with van der Waals surface area (Å²) in [4.78, 5) is 0. The van der Waals surface area contributed by atoms with Gasteiger partial charge in [0.25, 0.3) is 0 Å². The Kier molecular flexibility index (Phi) is 3.22. The highest BCUT2D eigenvalue weighted by molar-refractivity contribution is 5.21. The van der Waals surface area contributed by atoms with Crippen molar-refractivity contribution in [1.29, 1.82) is 0 Å². The third-order valence-electron chi connectivity index (χ3n) is 1.82. The second kappa shape index (κ2) is 5.63. The molecule has 0 heterocycles. The van der Waals surface area contributed by atoms with Crippen molar-refractivity contribution in [2.24, 2.45) is 0 Å². The number of hydrogen-bond donors (Lipinski definition) is 0. The monoisotopic (exact) mass is 180 g/mol. The first kappa shape index (κ1) is 7.43. The third-order valence-corrected chi connectivity index (χ3v) is 1.82. The Morgan fingerprint density at radius 3 is 2.54 bits per heavy atom. The van der Waals surface area contributed by atoms with Crippen molar-refractivity contribution in [2.75, 3.05) is 0 Å². The summed E-state index contributed by atoms with van der Waals surface area (Å²) in [5.41, 5.74) is 0. The molecule has 0 aliphatic heterocycles. The highest BCUT2D eigenvalue weighted by Gasteiger charge is 2.05. The van der Waals surface area contributed by atoms with Crippen LogP contribution >= 0.6 is 0 Å². The summed E-state index contributed by atoms with van der Waals surface area (Å²) in [5.74, 6) is 0.738. The first-order valence-corrected chi connectivity index (χ1v) is 4.82. The largest absolute Gasteiger partial charge is 0.490 e. The molecule has 0 spiro atoms. The number of ether oxygens (including phenoxy) is 1. The average Bonchev–Trinajstić information content (AvgIpc) is 2.27. The van der Waals surface area contributed by atoms with Gasteiger partial charge in [-0.3, -0.25) is 0 Å². The molecular formula is C12H18O. The van der Waals surface area contributed by atoms with Gasteiger partial charge in [-0.05, 0) is 24.9 Å². The van der Waals surface area contributed by atoms with Gasteiger partial charge in [0.05, 0.1) is 6.10 Å². The minimum atomic E-state index is -1.26. The summed E-state index contributed by atoms with van der Waals surface area (Å²) in [6.07, 6.45) is -0.483. The van der Waals surface area contributed by atoms with Gasteiger partial charge in [0.1, 0.15) is 5.75 Å². The summed E-state index contributed by atoms with van der Waals surface area (Å²) in [7, 11) is 0. The Hall–Kier alpha value is -0.980. The van der Waals surface area contributed by atoms with Crippen LogP contribution < -0.4 is 4.74 Å². The topological polar surface area (TPSA) is 9.23 Å². The van der Waals surface area contributed by atoms with E-state index in [-0.39, 0.29) is 6.10 Å². The highest BCUT2D eigenvalue weighted by Crippen LogP contribution is 2.14. The van der Waals surface area contributed by atoms with Crippen LogP contribution in [0.2, 0.25) is 0 Å². The molecule has 0 fully saturated rings. The number of para-hydroxylation sites is 1. The van der Waals surface area contributed by atoms with Crippen molar-refractivity contribution in [1.82, 2.24) is 0 Å². The Morgan fingerprint density at radius 1 is 1.31 bits per heavy atom. The van der Waals surface area contributed by atoms with Gasteiger partial charge in [0.2, 0.25) is 0 Å². The van der Waals surface area contributed by atoms with Crippen LogP contribution in [0, 0.1) is 0 Å². The lowest BCUT2D eigenvalue weighted by atomic mass is 10.1. The van der Waals surface area contributed by atoms with Gasteiger partial charge in [-0.1, -0.05) is 38.5 Å². The summed E-state index contributed by atoms with van der Waals surface area (Å²) in [5, 5.41) is 0. The van der Waals surface area contributed by atoms with Gasteiger partial charge in [0.15, 0.2) is 0 Å². The molecule has 0 aliphatic rings. The molecule has 1 rings (SSSR count). The van der Waals surface area contributed by atoms with Crippen LogP contribution in [0.5, 0.6) is 5.75 Å². The molecule has 0 aromatic heterocycles. The summed E-state index contributed by atoms with van der Waals surface area (Å²) in [6.45, 7) is 3.79. The molecule has 0 saturated heterocycles. The van der Waals surface area contributed by atoms with Crippen molar-refractivity contribution in [3.8, 4) is 5.75 Å². The zero-order valence-corrected chi connectivity index (χ0v) is 8.29. The Bertz CT molecular complexity index is 285. The van der Waals surface area contributed by atoms with E-state index in [9.17, 15) is 0 Å². The van der Waals surface area contributed by atoms with Crippen molar-refractivity contribution < 1.29 is 7.48 Å². The lowest BCUT2D eigenvalue weighted by molar-refractivity contribution is 0.186. The minimum Gasteiger partial charge on any atom is -0.490 e. The van der Waals surface area contributed by atoms with Crippen LogP contribution in [0.4, 0.5) is 0 Å². The maximum Gasteiger partial charge on any atom is 0.119 e. The Balaban J connectivity index is 2.70. The minimum absolute atomic E-state index is 0.370. The molecular weight excluding hydrogens is 160 g/mol. The normalized spacial score (nSPS) is 15.8. The van der Waals surface area contributed by atoms with E-state index in [0.717, 1.165) is 5.75 Å². The third kappa shape index (κ3) is 3.49. The van der Waals surface area contributed by atoms with Gasteiger partial charge >= 0.3 is 0 Å². The first-order valence-electron chi connectivity index (χ1n) is 5.82. The SMILES string of the molecule is [2H]C([2H])(CC)C(CC)Oc1ccccc1. The van der Waals surface area contributed by atoms with Crippen molar-refractivity contribution in [2.45, 2.75) is 39.2 Å². The Morgan fingerprint density at radius 2 is 2.00 bits per heavy atom. The lowest BCUT2D eigenvalue weighted by Crippen LogP contribution is -2.14. The number of benzene rings is 1. The molecule has 0 N–H and O–H groups in total. The zero-order valence-electron chi connectivity index (χ0n) is 10.3. The molecule has 1 aromatic rings. The molecule has 0 radical (unpaired) electrons. The van der Waals surface area contributed by atoms with Gasteiger partial charge in [-0.2, -0.15) is 0 Å². The van der Waals surface area contributed by atoms with E-state index in [1.165, 1.54) is 0 Å². The van der Waals surface area contributed by atoms with Crippen LogP contribution in [0.15, 0.2) is 30.3 Å². The Labute approximate surface area is 83.5 Å². The fourth-order valence-corrected chi connectivity index (χ4v) is 1.16. The maximum absolute atomic E-state index is 7.82. The van der Waals surface area contributed by atoms with Crippen LogP contribution in [0.3, 0.4) is 0 Å². The van der Waals surface area contributed by atoms with E-state index in [1.54, 1.807) is 0 Å². The highest BCUT2D eigenvalue weighted by atomic mass is 16.5. The number of rotatable bonds is 5.